The first-order valence-electron chi connectivity index (χ1n) is 12.6. The predicted octanol–water partition coefficient (Wildman–Crippen LogP) is 4.75. The molecule has 0 bridgehead atoms. The number of likely N-dealkylation sites (tertiary alicyclic amines) is 1. The topological polar surface area (TPSA) is 51.2 Å². The molecule has 2 aromatic rings. The summed E-state index contributed by atoms with van der Waals surface area (Å²) in [7, 11) is 0. The Morgan fingerprint density at radius 3 is 2.74 bits per heavy atom. The Morgan fingerprint density at radius 1 is 1.15 bits per heavy atom. The van der Waals surface area contributed by atoms with Gasteiger partial charge in [-0.05, 0) is 49.6 Å². The van der Waals surface area contributed by atoms with Gasteiger partial charge in [0.2, 0.25) is 5.91 Å². The predicted molar refractivity (Wildman–Crippen MR) is 133 cm³/mol. The second-order valence-corrected chi connectivity index (χ2v) is 9.71. The van der Waals surface area contributed by atoms with Gasteiger partial charge in [0.1, 0.15) is 5.75 Å². The van der Waals surface area contributed by atoms with Crippen molar-refractivity contribution >= 4 is 5.91 Å². The van der Waals surface area contributed by atoms with Crippen LogP contribution in [-0.4, -0.2) is 55.2 Å². The molecule has 4 rings (SSSR count). The summed E-state index contributed by atoms with van der Waals surface area (Å²) in [6.45, 7) is 12.2. The summed E-state index contributed by atoms with van der Waals surface area (Å²) in [4.78, 5) is 18.0. The van der Waals surface area contributed by atoms with Gasteiger partial charge in [0.25, 0.3) is 0 Å². The van der Waals surface area contributed by atoms with Crippen LogP contribution in [0.5, 0.6) is 17.2 Å². The number of nitrogens with zero attached hydrogens (tertiary/aromatic N) is 2. The van der Waals surface area contributed by atoms with E-state index in [9.17, 15) is 4.79 Å². The highest BCUT2D eigenvalue weighted by Gasteiger charge is 2.32. The van der Waals surface area contributed by atoms with Crippen molar-refractivity contribution in [1.29, 1.82) is 0 Å². The third kappa shape index (κ3) is 6.23. The minimum Gasteiger partial charge on any atom is -0.494 e. The van der Waals surface area contributed by atoms with E-state index in [4.69, 9.17) is 14.2 Å². The first kappa shape index (κ1) is 24.4. The quantitative estimate of drug-likeness (QED) is 0.534. The summed E-state index contributed by atoms with van der Waals surface area (Å²) in [5.41, 5.74) is 2.27. The van der Waals surface area contributed by atoms with Gasteiger partial charge in [-0.25, -0.2) is 0 Å². The van der Waals surface area contributed by atoms with Crippen molar-refractivity contribution in [3.8, 4) is 17.2 Å². The van der Waals surface area contributed by atoms with Crippen molar-refractivity contribution in [2.45, 2.75) is 46.7 Å². The Labute approximate surface area is 203 Å². The van der Waals surface area contributed by atoms with Crippen LogP contribution in [0.2, 0.25) is 0 Å². The van der Waals surface area contributed by atoms with E-state index in [0.29, 0.717) is 32.3 Å². The lowest BCUT2D eigenvalue weighted by Gasteiger charge is -2.28. The number of carbonyl (C=O) groups excluding carboxylic acids is 1. The number of rotatable bonds is 9. The molecule has 1 saturated heterocycles. The van der Waals surface area contributed by atoms with Crippen LogP contribution in [0.1, 0.15) is 44.7 Å². The van der Waals surface area contributed by atoms with Crippen LogP contribution in [0.25, 0.3) is 0 Å². The van der Waals surface area contributed by atoms with E-state index in [1.165, 1.54) is 5.56 Å². The van der Waals surface area contributed by atoms with Crippen LogP contribution >= 0.6 is 0 Å². The maximum Gasteiger partial charge on any atom is 0.227 e. The van der Waals surface area contributed by atoms with E-state index in [-0.39, 0.29) is 11.8 Å². The van der Waals surface area contributed by atoms with Crippen LogP contribution in [0.4, 0.5) is 0 Å². The molecule has 0 saturated carbocycles. The SMILES string of the molecule is CCOc1ccccc1CN1CC[C@@H](C(=O)N(Cc2ccc3c(c2)OCCCO3)CC(C)C)C1. The van der Waals surface area contributed by atoms with Gasteiger partial charge < -0.3 is 19.1 Å². The van der Waals surface area contributed by atoms with E-state index in [1.54, 1.807) is 0 Å². The summed E-state index contributed by atoms with van der Waals surface area (Å²) < 4.78 is 17.4. The Hall–Kier alpha value is -2.73. The zero-order valence-corrected chi connectivity index (χ0v) is 20.8. The molecule has 2 aliphatic rings. The highest BCUT2D eigenvalue weighted by Crippen LogP contribution is 2.31. The molecule has 184 valence electrons. The van der Waals surface area contributed by atoms with E-state index in [1.807, 2.05) is 36.1 Å². The highest BCUT2D eigenvalue weighted by atomic mass is 16.5. The largest absolute Gasteiger partial charge is 0.494 e. The summed E-state index contributed by atoms with van der Waals surface area (Å²) in [6.07, 6.45) is 1.78. The molecule has 0 unspecified atom stereocenters. The van der Waals surface area contributed by atoms with Gasteiger partial charge in [0, 0.05) is 38.2 Å². The first-order chi connectivity index (χ1) is 16.5. The molecule has 1 amide bonds. The normalized spacial score (nSPS) is 18.1. The fourth-order valence-corrected chi connectivity index (χ4v) is 4.81. The molecule has 2 aromatic carbocycles. The fraction of sp³-hybridized carbons (Fsp3) is 0.536. The smallest absolute Gasteiger partial charge is 0.227 e. The van der Waals surface area contributed by atoms with Crippen molar-refractivity contribution in [2.24, 2.45) is 11.8 Å². The van der Waals surface area contributed by atoms with Gasteiger partial charge in [0.15, 0.2) is 11.5 Å². The second kappa shape index (κ2) is 11.6. The van der Waals surface area contributed by atoms with Crippen LogP contribution < -0.4 is 14.2 Å². The van der Waals surface area contributed by atoms with Gasteiger partial charge in [-0.3, -0.25) is 9.69 Å². The van der Waals surface area contributed by atoms with E-state index < -0.39 is 0 Å². The number of carbonyl (C=O) groups is 1. The van der Waals surface area contributed by atoms with Gasteiger partial charge in [-0.1, -0.05) is 38.1 Å². The van der Waals surface area contributed by atoms with Crippen molar-refractivity contribution in [1.82, 2.24) is 9.80 Å². The van der Waals surface area contributed by atoms with Gasteiger partial charge in [0.05, 0.1) is 25.7 Å². The zero-order chi connectivity index (χ0) is 23.9. The standard InChI is InChI=1S/C28H38N2O4/c1-4-32-25-9-6-5-8-23(25)19-29-13-12-24(20-29)28(31)30(17-21(2)3)18-22-10-11-26-27(16-22)34-15-7-14-33-26/h5-6,8-11,16,21,24H,4,7,12-15,17-20H2,1-3H3/t24-/m1/s1. The molecule has 1 fully saturated rings. The molecule has 6 heteroatoms. The number of para-hydroxylation sites is 1. The molecule has 0 aliphatic carbocycles. The Morgan fingerprint density at radius 2 is 1.94 bits per heavy atom. The van der Waals surface area contributed by atoms with Gasteiger partial charge >= 0.3 is 0 Å². The Bertz CT molecular complexity index is 961. The van der Waals surface area contributed by atoms with E-state index in [0.717, 1.165) is 61.8 Å². The molecule has 2 aliphatic heterocycles. The van der Waals surface area contributed by atoms with Crippen molar-refractivity contribution in [3.63, 3.8) is 0 Å². The highest BCUT2D eigenvalue weighted by molar-refractivity contribution is 5.79. The monoisotopic (exact) mass is 466 g/mol. The summed E-state index contributed by atoms with van der Waals surface area (Å²) in [6, 6.07) is 14.3. The lowest BCUT2D eigenvalue weighted by atomic mass is 10.0. The second-order valence-electron chi connectivity index (χ2n) is 9.71. The lowest BCUT2D eigenvalue weighted by molar-refractivity contribution is -0.136. The summed E-state index contributed by atoms with van der Waals surface area (Å²) in [5.74, 6) is 3.20. The molecular weight excluding hydrogens is 428 g/mol. The molecule has 34 heavy (non-hydrogen) atoms. The molecule has 0 N–H and O–H groups in total. The van der Waals surface area contributed by atoms with Crippen LogP contribution in [-0.2, 0) is 17.9 Å². The minimum absolute atomic E-state index is 0.0263. The minimum atomic E-state index is 0.0263. The molecule has 0 spiro atoms. The third-order valence-electron chi connectivity index (χ3n) is 6.37. The number of fused-ring (bicyclic) bond motifs is 1. The Balaban J connectivity index is 1.41. The number of hydrogen-bond donors (Lipinski definition) is 0. The average molecular weight is 467 g/mol. The lowest BCUT2D eigenvalue weighted by Crippen LogP contribution is -2.39. The Kier molecular flexibility index (Phi) is 8.33. The van der Waals surface area contributed by atoms with Crippen molar-refractivity contribution < 1.29 is 19.0 Å². The van der Waals surface area contributed by atoms with Crippen LogP contribution in [0.15, 0.2) is 42.5 Å². The first-order valence-corrected chi connectivity index (χ1v) is 12.6. The summed E-state index contributed by atoms with van der Waals surface area (Å²) in [5, 5.41) is 0. The number of ether oxygens (including phenoxy) is 3. The van der Waals surface area contributed by atoms with Crippen molar-refractivity contribution in [2.75, 3.05) is 39.5 Å². The van der Waals surface area contributed by atoms with E-state index in [2.05, 4.69) is 36.9 Å². The molecule has 2 heterocycles. The number of amides is 1. The average Bonchev–Trinajstić information content (AvgIpc) is 3.16. The van der Waals surface area contributed by atoms with Gasteiger partial charge in [-0.2, -0.15) is 0 Å². The zero-order valence-electron chi connectivity index (χ0n) is 20.8. The number of benzene rings is 2. The van der Waals surface area contributed by atoms with Crippen molar-refractivity contribution in [3.05, 3.63) is 53.6 Å². The third-order valence-corrected chi connectivity index (χ3v) is 6.37. The molecule has 6 nitrogen and oxygen atoms in total. The molecular formula is C28H38N2O4. The maximum absolute atomic E-state index is 13.6. The summed E-state index contributed by atoms with van der Waals surface area (Å²) >= 11 is 0. The maximum atomic E-state index is 13.6. The molecule has 0 aromatic heterocycles. The van der Waals surface area contributed by atoms with E-state index >= 15 is 0 Å². The molecule has 0 radical (unpaired) electrons. The van der Waals surface area contributed by atoms with Gasteiger partial charge in [-0.15, -0.1) is 0 Å². The van der Waals surface area contributed by atoms with Crippen LogP contribution in [0.3, 0.4) is 0 Å². The fourth-order valence-electron chi connectivity index (χ4n) is 4.81. The number of hydrogen-bond acceptors (Lipinski definition) is 5. The molecule has 1 atom stereocenters. The van der Waals surface area contributed by atoms with Crippen LogP contribution in [0, 0.1) is 11.8 Å².